The Hall–Kier alpha value is -2.57. The number of esters is 1. The Morgan fingerprint density at radius 2 is 1.73 bits per heavy atom. The number of rotatable bonds is 7. The zero-order chi connectivity index (χ0) is 22.3. The van der Waals surface area contributed by atoms with Gasteiger partial charge >= 0.3 is 12.0 Å². The first-order valence-electron chi connectivity index (χ1n) is 10.8. The van der Waals surface area contributed by atoms with E-state index in [2.05, 4.69) is 29.8 Å². The third-order valence-corrected chi connectivity index (χ3v) is 5.75. The van der Waals surface area contributed by atoms with Crippen LogP contribution < -0.4 is 16.0 Å². The topological polar surface area (TPSA) is 96.5 Å². The second-order valence-electron chi connectivity index (χ2n) is 8.61. The van der Waals surface area contributed by atoms with Crippen LogP contribution in [-0.2, 0) is 16.1 Å². The van der Waals surface area contributed by atoms with Crippen molar-refractivity contribution in [2.45, 2.75) is 78.6 Å². The van der Waals surface area contributed by atoms with Crippen LogP contribution in [0.5, 0.6) is 0 Å². The van der Waals surface area contributed by atoms with E-state index in [9.17, 15) is 14.4 Å². The lowest BCUT2D eigenvalue weighted by molar-refractivity contribution is -0.130. The summed E-state index contributed by atoms with van der Waals surface area (Å²) in [5.74, 6) is 0.187. The molecule has 0 bridgehead atoms. The molecule has 30 heavy (non-hydrogen) atoms. The predicted octanol–water partition coefficient (Wildman–Crippen LogP) is 3.38. The molecule has 0 aromatic heterocycles. The minimum atomic E-state index is -0.858. The van der Waals surface area contributed by atoms with E-state index in [1.54, 1.807) is 31.2 Å². The van der Waals surface area contributed by atoms with Crippen molar-refractivity contribution in [1.29, 1.82) is 0 Å². The molecule has 166 valence electrons. The molecule has 0 spiro atoms. The van der Waals surface area contributed by atoms with Crippen LogP contribution in [0.2, 0.25) is 0 Å². The Bertz CT molecular complexity index is 732. The normalized spacial score (nSPS) is 22.1. The van der Waals surface area contributed by atoms with E-state index >= 15 is 0 Å². The summed E-state index contributed by atoms with van der Waals surface area (Å²) in [5.41, 5.74) is 1.22. The van der Waals surface area contributed by atoms with E-state index in [0.29, 0.717) is 23.9 Å². The zero-order valence-corrected chi connectivity index (χ0v) is 18.7. The molecule has 4 atom stereocenters. The molecule has 1 aliphatic carbocycles. The maximum atomic E-state index is 12.5. The van der Waals surface area contributed by atoms with Crippen molar-refractivity contribution in [3.8, 4) is 0 Å². The summed E-state index contributed by atoms with van der Waals surface area (Å²) < 4.78 is 5.35. The molecule has 1 aromatic rings. The highest BCUT2D eigenvalue weighted by Crippen LogP contribution is 2.29. The summed E-state index contributed by atoms with van der Waals surface area (Å²) in [5, 5.41) is 8.54. The van der Waals surface area contributed by atoms with Crippen molar-refractivity contribution in [1.82, 2.24) is 16.0 Å². The van der Waals surface area contributed by atoms with Gasteiger partial charge in [-0.1, -0.05) is 38.8 Å². The quantitative estimate of drug-likeness (QED) is 0.593. The van der Waals surface area contributed by atoms with Crippen LogP contribution in [-0.4, -0.2) is 36.1 Å². The Labute approximate surface area is 179 Å². The number of ether oxygens (including phenoxy) is 1. The molecule has 1 fully saturated rings. The number of hydrogen-bond acceptors (Lipinski definition) is 4. The summed E-state index contributed by atoms with van der Waals surface area (Å²) in [4.78, 5) is 36.5. The number of urea groups is 1. The Morgan fingerprint density at radius 1 is 1.07 bits per heavy atom. The van der Waals surface area contributed by atoms with Gasteiger partial charge in [-0.2, -0.15) is 0 Å². The van der Waals surface area contributed by atoms with E-state index < -0.39 is 12.1 Å². The van der Waals surface area contributed by atoms with Gasteiger partial charge in [-0.15, -0.1) is 0 Å². The van der Waals surface area contributed by atoms with Crippen LogP contribution in [0.25, 0.3) is 0 Å². The third kappa shape index (κ3) is 7.04. The molecule has 0 unspecified atom stereocenters. The molecule has 7 heteroatoms. The Morgan fingerprint density at radius 3 is 2.37 bits per heavy atom. The fraction of sp³-hybridized carbons (Fsp3) is 0.609. The van der Waals surface area contributed by atoms with E-state index in [-0.39, 0.29) is 24.0 Å². The van der Waals surface area contributed by atoms with Gasteiger partial charge in [0.15, 0.2) is 6.10 Å². The average Bonchev–Trinajstić information content (AvgIpc) is 2.69. The van der Waals surface area contributed by atoms with Crippen LogP contribution in [0.1, 0.15) is 69.8 Å². The summed E-state index contributed by atoms with van der Waals surface area (Å²) in [6.07, 6.45) is 2.39. The van der Waals surface area contributed by atoms with Gasteiger partial charge in [0.05, 0.1) is 5.56 Å². The number of amides is 3. The lowest BCUT2D eigenvalue weighted by atomic mass is 9.78. The third-order valence-electron chi connectivity index (χ3n) is 5.75. The Balaban J connectivity index is 1.83. The van der Waals surface area contributed by atoms with E-state index in [0.717, 1.165) is 18.4 Å². The van der Waals surface area contributed by atoms with Crippen molar-refractivity contribution < 1.29 is 19.1 Å². The summed E-state index contributed by atoms with van der Waals surface area (Å²) in [7, 11) is 0. The highest BCUT2D eigenvalue weighted by molar-refractivity contribution is 5.92. The molecule has 0 radical (unpaired) electrons. The van der Waals surface area contributed by atoms with Crippen molar-refractivity contribution in [3.05, 3.63) is 35.4 Å². The second kappa shape index (κ2) is 11.0. The Kier molecular flexibility index (Phi) is 8.69. The van der Waals surface area contributed by atoms with Crippen LogP contribution in [0.4, 0.5) is 4.79 Å². The van der Waals surface area contributed by atoms with Crippen LogP contribution in [0.15, 0.2) is 24.3 Å². The summed E-state index contributed by atoms with van der Waals surface area (Å²) in [6.45, 7) is 10.1. The van der Waals surface area contributed by atoms with E-state index in [1.807, 2.05) is 13.8 Å². The number of benzene rings is 1. The van der Waals surface area contributed by atoms with Gasteiger partial charge in [-0.05, 0) is 56.7 Å². The van der Waals surface area contributed by atoms with Crippen LogP contribution in [0, 0.1) is 11.8 Å². The lowest BCUT2D eigenvalue weighted by Crippen LogP contribution is -2.47. The highest BCUT2D eigenvalue weighted by Gasteiger charge is 2.30. The van der Waals surface area contributed by atoms with Crippen molar-refractivity contribution in [2.75, 3.05) is 0 Å². The van der Waals surface area contributed by atoms with Crippen LogP contribution >= 0.6 is 0 Å². The van der Waals surface area contributed by atoms with Gasteiger partial charge in [-0.25, -0.2) is 9.59 Å². The molecule has 0 heterocycles. The fourth-order valence-electron chi connectivity index (χ4n) is 3.62. The van der Waals surface area contributed by atoms with Gasteiger partial charge < -0.3 is 20.7 Å². The molecule has 7 nitrogen and oxygen atoms in total. The minimum Gasteiger partial charge on any atom is -0.449 e. The first-order chi connectivity index (χ1) is 14.2. The van der Waals surface area contributed by atoms with E-state index in [4.69, 9.17) is 4.74 Å². The van der Waals surface area contributed by atoms with Gasteiger partial charge in [0.25, 0.3) is 5.91 Å². The molecular formula is C23H35N3O4. The smallest absolute Gasteiger partial charge is 0.338 e. The molecular weight excluding hydrogens is 382 g/mol. The number of hydrogen-bond donors (Lipinski definition) is 3. The number of nitrogens with one attached hydrogen (secondary N) is 3. The maximum absolute atomic E-state index is 12.5. The molecule has 3 amide bonds. The zero-order valence-electron chi connectivity index (χ0n) is 18.7. The molecule has 1 aliphatic rings. The second-order valence-corrected chi connectivity index (χ2v) is 8.61. The largest absolute Gasteiger partial charge is 0.449 e. The molecule has 1 saturated carbocycles. The first kappa shape index (κ1) is 23.7. The van der Waals surface area contributed by atoms with Crippen molar-refractivity contribution in [3.63, 3.8) is 0 Å². The molecule has 3 N–H and O–H groups in total. The number of carbonyl (C=O) groups is 3. The van der Waals surface area contributed by atoms with Crippen LogP contribution in [0.3, 0.4) is 0 Å². The SMILES string of the molecule is CC(C)NC(=O)NCc1ccc(C(=O)O[C@H](C)C(=O)N[C@@H]2CCC[C@@H](C)[C@H]2C)cc1. The number of carbonyl (C=O) groups excluding carboxylic acids is 3. The fourth-order valence-corrected chi connectivity index (χ4v) is 3.62. The van der Waals surface area contributed by atoms with E-state index in [1.165, 1.54) is 6.42 Å². The molecule has 1 aromatic carbocycles. The monoisotopic (exact) mass is 417 g/mol. The average molecular weight is 418 g/mol. The highest BCUT2D eigenvalue weighted by atomic mass is 16.5. The lowest BCUT2D eigenvalue weighted by Gasteiger charge is -2.35. The molecule has 0 saturated heterocycles. The first-order valence-corrected chi connectivity index (χ1v) is 10.8. The van der Waals surface area contributed by atoms with Gasteiger partial charge in [0, 0.05) is 18.6 Å². The van der Waals surface area contributed by atoms with Gasteiger partial charge in [0.1, 0.15) is 0 Å². The minimum absolute atomic E-state index is 0.0612. The summed E-state index contributed by atoms with van der Waals surface area (Å²) >= 11 is 0. The predicted molar refractivity (Wildman–Crippen MR) is 116 cm³/mol. The van der Waals surface area contributed by atoms with Crippen molar-refractivity contribution >= 4 is 17.9 Å². The van der Waals surface area contributed by atoms with Crippen molar-refractivity contribution in [2.24, 2.45) is 11.8 Å². The molecule has 0 aliphatic heterocycles. The van der Waals surface area contributed by atoms with Gasteiger partial charge in [0.2, 0.25) is 0 Å². The van der Waals surface area contributed by atoms with Gasteiger partial charge in [-0.3, -0.25) is 4.79 Å². The summed E-state index contributed by atoms with van der Waals surface area (Å²) in [6, 6.07) is 6.72. The maximum Gasteiger partial charge on any atom is 0.338 e. The molecule has 2 rings (SSSR count). The standard InChI is InChI=1S/C23H35N3O4/c1-14(2)25-23(29)24-13-18-9-11-19(12-10-18)22(28)30-17(5)21(27)26-20-8-6-7-15(3)16(20)4/h9-12,14-17,20H,6-8,13H2,1-5H3,(H,26,27)(H2,24,25,29)/t15-,16-,17-,20-/m1/s1.